The molecule has 0 aromatic carbocycles. The average Bonchev–Trinajstić information content (AvgIpc) is 3.13. The maximum Gasteiger partial charge on any atom is 0.330 e. The number of hydrogen-bond acceptors (Lipinski definition) is 8. The SMILES string of the molecule is C=CC(=O)OCC(COC(=O)C=C)OC(=O)CCCCC1CCSS1. The highest BCUT2D eigenvalue weighted by Gasteiger charge is 2.19. The zero-order chi connectivity index (χ0) is 18.5. The molecule has 0 radical (unpaired) electrons. The summed E-state index contributed by atoms with van der Waals surface area (Å²) in [7, 11) is 3.82. The van der Waals surface area contributed by atoms with E-state index in [9.17, 15) is 14.4 Å². The molecule has 0 aliphatic carbocycles. The first kappa shape index (κ1) is 21.6. The minimum atomic E-state index is -0.845. The van der Waals surface area contributed by atoms with Gasteiger partial charge >= 0.3 is 17.9 Å². The average molecular weight is 389 g/mol. The Kier molecular flexibility index (Phi) is 11.1. The van der Waals surface area contributed by atoms with Gasteiger partial charge < -0.3 is 14.2 Å². The number of hydrogen-bond donors (Lipinski definition) is 0. The van der Waals surface area contributed by atoms with Crippen LogP contribution in [0.5, 0.6) is 0 Å². The highest BCUT2D eigenvalue weighted by Crippen LogP contribution is 2.39. The third kappa shape index (κ3) is 10.2. The molecule has 1 unspecified atom stereocenters. The maximum absolute atomic E-state index is 11.9. The molecule has 0 saturated carbocycles. The number of esters is 3. The van der Waals surface area contributed by atoms with Crippen LogP contribution in [0, 0.1) is 0 Å². The van der Waals surface area contributed by atoms with E-state index in [1.807, 2.05) is 21.6 Å². The number of carbonyl (C=O) groups excluding carboxylic acids is 3. The van der Waals surface area contributed by atoms with E-state index in [0.29, 0.717) is 5.25 Å². The summed E-state index contributed by atoms with van der Waals surface area (Å²) in [6, 6.07) is 0. The Morgan fingerprint density at radius 1 is 1.08 bits per heavy atom. The second kappa shape index (κ2) is 12.9. The third-order valence-corrected chi connectivity index (χ3v) is 6.35. The Bertz CT molecular complexity index is 450. The lowest BCUT2D eigenvalue weighted by atomic mass is 10.1. The lowest BCUT2D eigenvalue weighted by molar-refractivity contribution is -0.164. The van der Waals surface area contributed by atoms with Gasteiger partial charge in [-0.1, -0.05) is 41.2 Å². The smallest absolute Gasteiger partial charge is 0.330 e. The van der Waals surface area contributed by atoms with E-state index in [1.165, 1.54) is 12.2 Å². The molecule has 1 fully saturated rings. The van der Waals surface area contributed by atoms with Gasteiger partial charge in [-0.15, -0.1) is 0 Å². The largest absolute Gasteiger partial charge is 0.458 e. The van der Waals surface area contributed by atoms with Crippen LogP contribution in [0.4, 0.5) is 0 Å². The maximum atomic E-state index is 11.9. The molecule has 140 valence electrons. The molecule has 0 aromatic rings. The van der Waals surface area contributed by atoms with Gasteiger partial charge in [-0.2, -0.15) is 0 Å². The van der Waals surface area contributed by atoms with E-state index in [0.717, 1.165) is 31.4 Å². The van der Waals surface area contributed by atoms with E-state index in [4.69, 9.17) is 14.2 Å². The predicted octanol–water partition coefficient (Wildman–Crippen LogP) is 3.07. The zero-order valence-corrected chi connectivity index (χ0v) is 15.8. The summed E-state index contributed by atoms with van der Waals surface area (Å²) in [5.41, 5.74) is 0. The fraction of sp³-hybridized carbons (Fsp3) is 0.588. The molecule has 0 bridgehead atoms. The van der Waals surface area contributed by atoms with Crippen LogP contribution in [0.25, 0.3) is 0 Å². The van der Waals surface area contributed by atoms with Crippen molar-refractivity contribution in [1.82, 2.24) is 0 Å². The van der Waals surface area contributed by atoms with Gasteiger partial charge in [0.15, 0.2) is 6.10 Å². The van der Waals surface area contributed by atoms with Crippen molar-refractivity contribution in [2.24, 2.45) is 0 Å². The highest BCUT2D eigenvalue weighted by atomic mass is 33.1. The normalized spacial score (nSPS) is 16.3. The molecule has 0 amide bonds. The van der Waals surface area contributed by atoms with Crippen LogP contribution in [-0.4, -0.2) is 48.2 Å². The summed E-state index contributed by atoms with van der Waals surface area (Å²) in [4.78, 5) is 34.2. The molecule has 0 aromatic heterocycles. The van der Waals surface area contributed by atoms with Crippen molar-refractivity contribution in [2.45, 2.75) is 43.5 Å². The highest BCUT2D eigenvalue weighted by molar-refractivity contribution is 8.77. The van der Waals surface area contributed by atoms with Crippen molar-refractivity contribution >= 4 is 39.5 Å². The molecule has 0 spiro atoms. The summed E-state index contributed by atoms with van der Waals surface area (Å²) in [6.07, 6.45) is 5.49. The van der Waals surface area contributed by atoms with Crippen molar-refractivity contribution in [1.29, 1.82) is 0 Å². The van der Waals surface area contributed by atoms with Crippen molar-refractivity contribution in [2.75, 3.05) is 19.0 Å². The standard InChI is InChI=1S/C17H24O6S2/c1-3-15(18)21-11-13(12-22-16(19)4-2)23-17(20)8-6-5-7-14-9-10-24-25-14/h3-4,13-14H,1-2,5-12H2. The first-order valence-corrected chi connectivity index (χ1v) is 10.5. The molecule has 1 heterocycles. The fourth-order valence-electron chi connectivity index (χ4n) is 2.03. The second-order valence-corrected chi connectivity index (χ2v) is 8.14. The summed E-state index contributed by atoms with van der Waals surface area (Å²) >= 11 is 0. The van der Waals surface area contributed by atoms with Gasteiger partial charge in [0, 0.05) is 29.6 Å². The van der Waals surface area contributed by atoms with Gasteiger partial charge in [-0.05, 0) is 19.3 Å². The van der Waals surface area contributed by atoms with Crippen LogP contribution in [-0.2, 0) is 28.6 Å². The lowest BCUT2D eigenvalue weighted by Gasteiger charge is -2.17. The van der Waals surface area contributed by atoms with Crippen molar-refractivity contribution in [3.8, 4) is 0 Å². The lowest BCUT2D eigenvalue weighted by Crippen LogP contribution is -2.30. The van der Waals surface area contributed by atoms with Crippen LogP contribution in [0.3, 0.4) is 0 Å². The van der Waals surface area contributed by atoms with Gasteiger partial charge in [-0.25, -0.2) is 9.59 Å². The summed E-state index contributed by atoms with van der Waals surface area (Å²) in [6.45, 7) is 6.18. The zero-order valence-electron chi connectivity index (χ0n) is 14.1. The Balaban J connectivity index is 2.29. The van der Waals surface area contributed by atoms with Gasteiger partial charge in [0.25, 0.3) is 0 Å². The van der Waals surface area contributed by atoms with Crippen LogP contribution in [0.1, 0.15) is 32.1 Å². The van der Waals surface area contributed by atoms with E-state index in [1.54, 1.807) is 0 Å². The summed E-state index contributed by atoms with van der Waals surface area (Å²) in [5, 5.41) is 0.686. The van der Waals surface area contributed by atoms with E-state index >= 15 is 0 Å². The third-order valence-electron chi connectivity index (χ3n) is 3.34. The van der Waals surface area contributed by atoms with Crippen LogP contribution < -0.4 is 0 Å². The molecule has 1 rings (SSSR count). The number of unbranched alkanes of at least 4 members (excludes halogenated alkanes) is 1. The molecule has 1 aliphatic rings. The van der Waals surface area contributed by atoms with E-state index in [-0.39, 0.29) is 19.6 Å². The number of carbonyl (C=O) groups is 3. The minimum Gasteiger partial charge on any atom is -0.458 e. The molecule has 8 heteroatoms. The van der Waals surface area contributed by atoms with Gasteiger partial charge in [0.1, 0.15) is 13.2 Å². The van der Waals surface area contributed by atoms with Crippen molar-refractivity contribution < 1.29 is 28.6 Å². The van der Waals surface area contributed by atoms with E-state index < -0.39 is 24.0 Å². The van der Waals surface area contributed by atoms with Crippen LogP contribution in [0.2, 0.25) is 0 Å². The second-order valence-electron chi connectivity index (χ2n) is 5.35. The fourth-order valence-corrected chi connectivity index (χ4v) is 5.06. The predicted molar refractivity (Wildman–Crippen MR) is 99.1 cm³/mol. The van der Waals surface area contributed by atoms with Crippen molar-refractivity contribution in [3.63, 3.8) is 0 Å². The number of rotatable bonds is 12. The van der Waals surface area contributed by atoms with Gasteiger partial charge in [-0.3, -0.25) is 4.79 Å². The Morgan fingerprint density at radius 2 is 1.72 bits per heavy atom. The first-order valence-electron chi connectivity index (χ1n) is 8.11. The van der Waals surface area contributed by atoms with E-state index in [2.05, 4.69) is 13.2 Å². The minimum absolute atomic E-state index is 0.197. The molecular weight excluding hydrogens is 364 g/mol. The number of ether oxygens (including phenoxy) is 3. The molecule has 1 atom stereocenters. The molecule has 0 N–H and O–H groups in total. The Morgan fingerprint density at radius 3 is 2.24 bits per heavy atom. The molecule has 1 aliphatic heterocycles. The van der Waals surface area contributed by atoms with Crippen LogP contribution in [0.15, 0.2) is 25.3 Å². The Labute approximate surface area is 156 Å². The summed E-state index contributed by atoms with van der Waals surface area (Å²) in [5.74, 6) is -0.472. The van der Waals surface area contributed by atoms with Crippen molar-refractivity contribution in [3.05, 3.63) is 25.3 Å². The van der Waals surface area contributed by atoms with Gasteiger partial charge in [0.2, 0.25) is 0 Å². The first-order chi connectivity index (χ1) is 12.0. The molecule has 25 heavy (non-hydrogen) atoms. The molecule has 6 nitrogen and oxygen atoms in total. The van der Waals surface area contributed by atoms with Gasteiger partial charge in [0.05, 0.1) is 0 Å². The van der Waals surface area contributed by atoms with Crippen LogP contribution >= 0.6 is 21.6 Å². The topological polar surface area (TPSA) is 78.9 Å². The quantitative estimate of drug-likeness (QED) is 0.166. The monoisotopic (exact) mass is 388 g/mol. The molecular formula is C17H24O6S2. The Hall–Kier alpha value is -1.41. The summed E-state index contributed by atoms with van der Waals surface area (Å²) < 4.78 is 15.0. The molecule has 1 saturated heterocycles.